The number of hydrogen-bond donors (Lipinski definition) is 1. The molecule has 7 heteroatoms. The molecular weight excluding hydrogens is 268 g/mol. The molecule has 1 amide bonds. The normalized spacial score (nSPS) is 18.1. The van der Waals surface area contributed by atoms with Crippen LogP contribution in [0.15, 0.2) is 30.3 Å². The molecule has 1 aromatic carbocycles. The highest BCUT2D eigenvalue weighted by atomic mass is 16.2. The highest BCUT2D eigenvalue weighted by molar-refractivity contribution is 5.76. The lowest BCUT2D eigenvalue weighted by atomic mass is 10.2. The summed E-state index contributed by atoms with van der Waals surface area (Å²) in [7, 11) is 0. The van der Waals surface area contributed by atoms with Gasteiger partial charge in [0.25, 0.3) is 0 Å². The third-order valence-electron chi connectivity index (χ3n) is 3.73. The van der Waals surface area contributed by atoms with Crippen molar-refractivity contribution in [3.8, 4) is 11.4 Å². The lowest BCUT2D eigenvalue weighted by Gasteiger charge is -2.22. The Kier molecular flexibility index (Phi) is 3.92. The Hall–Kier alpha value is -2.28. The van der Waals surface area contributed by atoms with Crippen LogP contribution in [0.25, 0.3) is 11.4 Å². The van der Waals surface area contributed by atoms with Crippen LogP contribution in [0.1, 0.15) is 12.8 Å². The van der Waals surface area contributed by atoms with Crippen molar-refractivity contribution in [3.05, 3.63) is 30.3 Å². The summed E-state index contributed by atoms with van der Waals surface area (Å²) in [5.41, 5.74) is 6.58. The molecule has 110 valence electrons. The first-order chi connectivity index (χ1) is 10.3. The molecule has 21 heavy (non-hydrogen) atoms. The Labute approximate surface area is 122 Å². The molecule has 0 saturated carbocycles. The van der Waals surface area contributed by atoms with Crippen LogP contribution in [0.4, 0.5) is 0 Å². The molecule has 0 bridgehead atoms. The van der Waals surface area contributed by atoms with E-state index in [2.05, 4.69) is 15.4 Å². The minimum Gasteiger partial charge on any atom is -0.337 e. The summed E-state index contributed by atoms with van der Waals surface area (Å²) in [4.78, 5) is 15.4. The Morgan fingerprint density at radius 3 is 2.90 bits per heavy atom. The lowest BCUT2D eigenvalue weighted by Crippen LogP contribution is -2.41. The second-order valence-electron chi connectivity index (χ2n) is 5.13. The van der Waals surface area contributed by atoms with E-state index in [1.807, 2.05) is 35.2 Å². The molecule has 1 saturated heterocycles. The first-order valence-electron chi connectivity index (χ1n) is 7.10. The molecule has 1 aromatic heterocycles. The van der Waals surface area contributed by atoms with Crippen LogP contribution in [0.2, 0.25) is 0 Å². The van der Waals surface area contributed by atoms with E-state index in [1.54, 1.807) is 0 Å². The maximum Gasteiger partial charge on any atom is 0.246 e. The van der Waals surface area contributed by atoms with Crippen LogP contribution in [0.3, 0.4) is 0 Å². The Morgan fingerprint density at radius 1 is 1.33 bits per heavy atom. The number of carbonyl (C=O) groups excluding carboxylic acids is 1. The molecule has 2 heterocycles. The van der Waals surface area contributed by atoms with E-state index in [4.69, 9.17) is 5.73 Å². The van der Waals surface area contributed by atoms with Gasteiger partial charge >= 0.3 is 0 Å². The molecular formula is C14H18N6O. The van der Waals surface area contributed by atoms with Gasteiger partial charge in [-0.05, 0) is 18.1 Å². The number of aromatic nitrogens is 4. The number of hydrogen-bond acceptors (Lipinski definition) is 5. The number of likely N-dealkylation sites (tertiary alicyclic amines) is 1. The zero-order valence-corrected chi connectivity index (χ0v) is 11.7. The van der Waals surface area contributed by atoms with Gasteiger partial charge in [-0.15, -0.1) is 10.2 Å². The number of nitrogens with zero attached hydrogens (tertiary/aromatic N) is 5. The van der Waals surface area contributed by atoms with Gasteiger partial charge in [-0.1, -0.05) is 30.3 Å². The van der Waals surface area contributed by atoms with Gasteiger partial charge < -0.3 is 10.6 Å². The molecule has 3 rings (SSSR count). The van der Waals surface area contributed by atoms with E-state index in [9.17, 15) is 4.79 Å². The fourth-order valence-corrected chi connectivity index (χ4v) is 2.63. The van der Waals surface area contributed by atoms with Gasteiger partial charge in [0.15, 0.2) is 0 Å². The van der Waals surface area contributed by atoms with Crippen molar-refractivity contribution in [2.45, 2.75) is 25.4 Å². The summed E-state index contributed by atoms with van der Waals surface area (Å²) in [6, 6.07) is 9.73. The molecule has 1 fully saturated rings. The van der Waals surface area contributed by atoms with Gasteiger partial charge in [-0.3, -0.25) is 4.79 Å². The molecule has 0 aliphatic carbocycles. The summed E-state index contributed by atoms with van der Waals surface area (Å²) < 4.78 is 0. The Bertz CT molecular complexity index is 611. The first-order valence-corrected chi connectivity index (χ1v) is 7.10. The maximum absolute atomic E-state index is 12.3. The predicted molar refractivity (Wildman–Crippen MR) is 77.0 cm³/mol. The van der Waals surface area contributed by atoms with Crippen LogP contribution >= 0.6 is 0 Å². The highest BCUT2D eigenvalue weighted by Crippen LogP contribution is 2.17. The van der Waals surface area contributed by atoms with Gasteiger partial charge in [0, 0.05) is 24.7 Å². The fraction of sp³-hybridized carbons (Fsp3) is 0.429. The zero-order chi connectivity index (χ0) is 14.7. The van der Waals surface area contributed by atoms with Crippen molar-refractivity contribution in [1.29, 1.82) is 0 Å². The topological polar surface area (TPSA) is 89.9 Å². The van der Waals surface area contributed by atoms with E-state index in [0.717, 1.165) is 24.9 Å². The minimum atomic E-state index is -0.0000355. The van der Waals surface area contributed by atoms with Crippen LogP contribution in [0.5, 0.6) is 0 Å². The van der Waals surface area contributed by atoms with Crippen LogP contribution < -0.4 is 5.73 Å². The number of carbonyl (C=O) groups is 1. The number of benzene rings is 1. The third kappa shape index (κ3) is 2.92. The molecule has 0 radical (unpaired) electrons. The fourth-order valence-electron chi connectivity index (χ4n) is 2.63. The van der Waals surface area contributed by atoms with Crippen molar-refractivity contribution < 1.29 is 4.79 Å². The predicted octanol–water partition coefficient (Wildman–Crippen LogP) is 0.290. The smallest absolute Gasteiger partial charge is 0.246 e. The number of nitrogens with two attached hydrogens (primary N) is 1. The van der Waals surface area contributed by atoms with E-state index < -0.39 is 0 Å². The summed E-state index contributed by atoms with van der Waals surface area (Å²) in [5, 5.41) is 12.2. The van der Waals surface area contributed by atoms with Crippen molar-refractivity contribution in [2.75, 3.05) is 13.1 Å². The maximum atomic E-state index is 12.3. The van der Waals surface area contributed by atoms with Crippen molar-refractivity contribution in [3.63, 3.8) is 0 Å². The lowest BCUT2D eigenvalue weighted by molar-refractivity contribution is -0.132. The largest absolute Gasteiger partial charge is 0.337 e. The second-order valence-corrected chi connectivity index (χ2v) is 5.13. The van der Waals surface area contributed by atoms with Crippen LogP contribution in [-0.4, -0.2) is 50.1 Å². The number of rotatable bonds is 4. The molecule has 1 unspecified atom stereocenters. The number of tetrazole rings is 1. The number of amides is 1. The van der Waals surface area contributed by atoms with Crippen molar-refractivity contribution in [1.82, 2.24) is 25.1 Å². The van der Waals surface area contributed by atoms with Gasteiger partial charge in [0.1, 0.15) is 6.54 Å². The molecule has 1 aliphatic rings. The summed E-state index contributed by atoms with van der Waals surface area (Å²) >= 11 is 0. The first kappa shape index (κ1) is 13.7. The van der Waals surface area contributed by atoms with Crippen LogP contribution in [-0.2, 0) is 11.3 Å². The van der Waals surface area contributed by atoms with Gasteiger partial charge in [-0.2, -0.15) is 4.80 Å². The Balaban J connectivity index is 1.69. The average Bonchev–Trinajstić information content (AvgIpc) is 3.16. The molecule has 2 N–H and O–H groups in total. The van der Waals surface area contributed by atoms with Crippen molar-refractivity contribution in [2.24, 2.45) is 5.73 Å². The van der Waals surface area contributed by atoms with Crippen LogP contribution in [0, 0.1) is 0 Å². The standard InChI is InChI=1S/C14H18N6O/c15-9-12-7-4-8-19(12)13(21)10-20-17-14(16-18-20)11-5-2-1-3-6-11/h1-3,5-6,12H,4,7-10,15H2. The van der Waals surface area contributed by atoms with Gasteiger partial charge in [0.05, 0.1) is 0 Å². The van der Waals surface area contributed by atoms with E-state index >= 15 is 0 Å². The molecule has 2 aromatic rings. The molecule has 0 spiro atoms. The van der Waals surface area contributed by atoms with E-state index in [1.165, 1.54) is 4.80 Å². The van der Waals surface area contributed by atoms with Gasteiger partial charge in [-0.25, -0.2) is 0 Å². The molecule has 1 aliphatic heterocycles. The Morgan fingerprint density at radius 2 is 2.14 bits per heavy atom. The zero-order valence-electron chi connectivity index (χ0n) is 11.7. The minimum absolute atomic E-state index is 0.0000355. The summed E-state index contributed by atoms with van der Waals surface area (Å²) in [6.07, 6.45) is 1.98. The van der Waals surface area contributed by atoms with E-state index in [0.29, 0.717) is 12.4 Å². The van der Waals surface area contributed by atoms with Gasteiger partial charge in [0.2, 0.25) is 11.7 Å². The average molecular weight is 286 g/mol. The highest BCUT2D eigenvalue weighted by Gasteiger charge is 2.27. The van der Waals surface area contributed by atoms with Crippen molar-refractivity contribution >= 4 is 5.91 Å². The molecule has 1 atom stereocenters. The summed E-state index contributed by atoms with van der Waals surface area (Å²) in [6.45, 7) is 1.38. The SMILES string of the molecule is NCC1CCCN1C(=O)Cn1nnc(-c2ccccc2)n1. The second kappa shape index (κ2) is 6.01. The third-order valence-corrected chi connectivity index (χ3v) is 3.73. The monoisotopic (exact) mass is 286 g/mol. The quantitative estimate of drug-likeness (QED) is 0.872. The molecule has 7 nitrogen and oxygen atoms in total. The van der Waals surface area contributed by atoms with E-state index in [-0.39, 0.29) is 18.5 Å². The summed E-state index contributed by atoms with van der Waals surface area (Å²) in [5.74, 6) is 0.528.